The van der Waals surface area contributed by atoms with Crippen molar-refractivity contribution in [2.24, 2.45) is 5.10 Å². The summed E-state index contributed by atoms with van der Waals surface area (Å²) in [6, 6.07) is 6.23. The van der Waals surface area contributed by atoms with Gasteiger partial charge < -0.3 is 18.1 Å². The van der Waals surface area contributed by atoms with Crippen LogP contribution >= 0.6 is 26.8 Å². The van der Waals surface area contributed by atoms with E-state index in [1.165, 1.54) is 0 Å². The van der Waals surface area contributed by atoms with Crippen LogP contribution in [0.4, 0.5) is 0 Å². The van der Waals surface area contributed by atoms with Crippen molar-refractivity contribution in [2.75, 3.05) is 26.4 Å². The maximum absolute atomic E-state index is 13.8. The highest BCUT2D eigenvalue weighted by atomic mass is 35.5. The van der Waals surface area contributed by atoms with Gasteiger partial charge in [0.05, 0.1) is 26.4 Å². The molecule has 1 aromatic carbocycles. The van der Waals surface area contributed by atoms with E-state index in [9.17, 15) is 13.9 Å². The summed E-state index contributed by atoms with van der Waals surface area (Å²) in [5, 5.41) is 2.55. The molecule has 0 saturated carbocycles. The summed E-state index contributed by atoms with van der Waals surface area (Å²) < 4.78 is 49.6. The predicted molar refractivity (Wildman–Crippen MR) is 115 cm³/mol. The summed E-state index contributed by atoms with van der Waals surface area (Å²) >= 11 is 5.89. The van der Waals surface area contributed by atoms with E-state index in [-0.39, 0.29) is 38.6 Å². The van der Waals surface area contributed by atoms with Gasteiger partial charge in [-0.3, -0.25) is 19.4 Å². The number of hydrazone groups is 1. The number of carbonyl (C=O) groups excluding carboxylic acids is 1. The van der Waals surface area contributed by atoms with Gasteiger partial charge in [0.25, 0.3) is 5.02 Å². The lowest BCUT2D eigenvalue weighted by molar-refractivity contribution is 0.106. The van der Waals surface area contributed by atoms with Crippen LogP contribution in [0.3, 0.4) is 0 Å². The fraction of sp³-hybridized carbons (Fsp3) is 0.556. The molecule has 0 saturated heterocycles. The molecular weight excluding hydrogens is 454 g/mol. The Bertz CT molecular complexity index is 826. The molecule has 0 aliphatic carbocycles. The minimum atomic E-state index is -4.17. The highest BCUT2D eigenvalue weighted by Crippen LogP contribution is 2.78. The molecule has 1 N–H and O–H groups in total. The smallest absolute Gasteiger partial charge is 0.307 e. The van der Waals surface area contributed by atoms with Crippen molar-refractivity contribution in [1.82, 2.24) is 5.43 Å². The lowest BCUT2D eigenvalue weighted by Crippen LogP contribution is -2.42. The number of hydrogen-bond donors (Lipinski definition) is 1. The molecule has 1 aromatic rings. The highest BCUT2D eigenvalue weighted by Gasteiger charge is 2.68. The molecule has 2 rings (SSSR count). The highest BCUT2D eigenvalue weighted by molar-refractivity contribution is 7.74. The largest absolute Gasteiger partial charge is 0.370 e. The van der Waals surface area contributed by atoms with Crippen LogP contribution in [0.25, 0.3) is 0 Å². The normalized spacial score (nSPS) is 16.2. The van der Waals surface area contributed by atoms with Crippen molar-refractivity contribution in [3.8, 4) is 0 Å². The lowest BCUT2D eigenvalue weighted by Gasteiger charge is -2.38. The van der Waals surface area contributed by atoms with Crippen molar-refractivity contribution in [1.29, 1.82) is 0 Å². The molecule has 1 aliphatic heterocycles. The van der Waals surface area contributed by atoms with Gasteiger partial charge in [-0.05, 0) is 52.0 Å². The van der Waals surface area contributed by atoms with Gasteiger partial charge >= 0.3 is 15.2 Å². The van der Waals surface area contributed by atoms with Crippen LogP contribution in [0.1, 0.15) is 44.5 Å². The summed E-state index contributed by atoms with van der Waals surface area (Å²) in [7, 11) is -8.33. The monoisotopic (exact) mass is 480 g/mol. The Hall–Kier alpha value is -1.05. The first-order chi connectivity index (χ1) is 14.2. The topological polar surface area (TPSA) is 113 Å². The summed E-state index contributed by atoms with van der Waals surface area (Å²) in [5.74, 6) is -0.444. The van der Waals surface area contributed by atoms with E-state index in [4.69, 9.17) is 29.7 Å². The minimum Gasteiger partial charge on any atom is -0.307 e. The lowest BCUT2D eigenvalue weighted by atomic mass is 10.1. The minimum absolute atomic E-state index is 0.00316. The zero-order valence-corrected chi connectivity index (χ0v) is 20.0. The standard InChI is InChI=1S/C18H27ClN2O7P2/c1-5-25-29(23,26-6-2)18(30(24,27-7-3)28-8-4)13-16(20-21-18)17(22)14-9-11-15(19)12-10-14/h9-12,21H,5-8,13H2,1-4H3. The molecule has 0 spiro atoms. The number of hydrogen-bond acceptors (Lipinski definition) is 9. The van der Waals surface area contributed by atoms with E-state index in [1.54, 1.807) is 52.0 Å². The molecule has 168 valence electrons. The van der Waals surface area contributed by atoms with E-state index < -0.39 is 26.0 Å². The molecule has 0 amide bonds. The van der Waals surface area contributed by atoms with Crippen LogP contribution in [-0.2, 0) is 27.2 Å². The second-order valence-corrected chi connectivity index (χ2v) is 11.5. The number of ketones is 1. The Morgan fingerprint density at radius 3 is 1.80 bits per heavy atom. The van der Waals surface area contributed by atoms with Crippen molar-refractivity contribution in [3.63, 3.8) is 0 Å². The van der Waals surface area contributed by atoms with Crippen molar-refractivity contribution >= 4 is 38.3 Å². The van der Waals surface area contributed by atoms with Crippen LogP contribution in [0.2, 0.25) is 5.02 Å². The van der Waals surface area contributed by atoms with E-state index in [0.717, 1.165) is 0 Å². The maximum atomic E-state index is 13.8. The molecule has 12 heteroatoms. The zero-order chi connectivity index (χ0) is 22.4. The quantitative estimate of drug-likeness (QED) is 0.326. The van der Waals surface area contributed by atoms with Gasteiger partial charge in [-0.25, -0.2) is 0 Å². The predicted octanol–water partition coefficient (Wildman–Crippen LogP) is 5.06. The average Bonchev–Trinajstić information content (AvgIpc) is 3.17. The number of benzene rings is 1. The second kappa shape index (κ2) is 10.5. The molecule has 30 heavy (non-hydrogen) atoms. The van der Waals surface area contributed by atoms with Gasteiger partial charge in [-0.1, -0.05) is 11.6 Å². The maximum Gasteiger partial charge on any atom is 0.370 e. The number of rotatable bonds is 12. The van der Waals surface area contributed by atoms with E-state index in [2.05, 4.69) is 10.5 Å². The van der Waals surface area contributed by atoms with Gasteiger partial charge in [-0.15, -0.1) is 0 Å². The Kier molecular flexibility index (Phi) is 8.83. The van der Waals surface area contributed by atoms with E-state index in [1.807, 2.05) is 0 Å². The van der Waals surface area contributed by atoms with Gasteiger partial charge in [0, 0.05) is 17.0 Å². The summed E-state index contributed by atoms with van der Waals surface area (Å²) in [6.45, 7) is 6.56. The first-order valence-corrected chi connectivity index (χ1v) is 13.1. The summed E-state index contributed by atoms with van der Waals surface area (Å²) in [4.78, 5) is 13.0. The molecule has 0 bridgehead atoms. The zero-order valence-electron chi connectivity index (χ0n) is 17.4. The third kappa shape index (κ3) is 4.73. The number of halogens is 1. The van der Waals surface area contributed by atoms with Crippen molar-refractivity contribution in [2.45, 2.75) is 39.1 Å². The van der Waals surface area contributed by atoms with Crippen LogP contribution in [0, 0.1) is 0 Å². The average molecular weight is 481 g/mol. The molecule has 1 heterocycles. The van der Waals surface area contributed by atoms with Crippen LogP contribution < -0.4 is 5.43 Å². The van der Waals surface area contributed by atoms with Crippen molar-refractivity contribution < 1.29 is 32.0 Å². The number of carbonyl (C=O) groups is 1. The van der Waals surface area contributed by atoms with Crippen molar-refractivity contribution in [3.05, 3.63) is 34.9 Å². The first kappa shape index (κ1) is 25.2. The molecule has 9 nitrogen and oxygen atoms in total. The van der Waals surface area contributed by atoms with E-state index in [0.29, 0.717) is 10.6 Å². The Morgan fingerprint density at radius 2 is 1.40 bits per heavy atom. The van der Waals surface area contributed by atoms with Gasteiger partial charge in [0.15, 0.2) is 0 Å². The SMILES string of the molecule is CCOP(=O)(OCC)C1(P(=O)(OCC)OCC)CC(C(=O)c2ccc(Cl)cc2)=NN1. The Morgan fingerprint density at radius 1 is 0.967 bits per heavy atom. The third-order valence-electron chi connectivity index (χ3n) is 4.25. The number of Topliss-reactive ketones (excluding diaryl/α,β-unsaturated/α-hetero) is 1. The van der Waals surface area contributed by atoms with E-state index >= 15 is 0 Å². The Balaban J connectivity index is 2.54. The van der Waals surface area contributed by atoms with Crippen LogP contribution in [-0.4, -0.2) is 42.9 Å². The summed E-state index contributed by atoms with van der Waals surface area (Å²) in [5.41, 5.74) is 2.93. The van der Waals surface area contributed by atoms with Crippen LogP contribution in [0.5, 0.6) is 0 Å². The van der Waals surface area contributed by atoms with Gasteiger partial charge in [0.2, 0.25) is 5.78 Å². The first-order valence-electron chi connectivity index (χ1n) is 9.64. The fourth-order valence-corrected chi connectivity index (χ4v) is 8.43. The molecule has 0 aromatic heterocycles. The van der Waals surface area contributed by atoms with Crippen LogP contribution in [0.15, 0.2) is 29.4 Å². The second-order valence-electron chi connectivity index (χ2n) is 6.17. The van der Waals surface area contributed by atoms with Gasteiger partial charge in [0.1, 0.15) is 5.71 Å². The summed E-state index contributed by atoms with van der Waals surface area (Å²) in [6.07, 6.45) is -0.330. The molecule has 0 radical (unpaired) electrons. The molecule has 0 fully saturated rings. The fourth-order valence-electron chi connectivity index (χ4n) is 3.02. The Labute approximate surface area is 181 Å². The third-order valence-corrected chi connectivity index (χ3v) is 10.7. The molecular formula is C18H27ClN2O7P2. The number of nitrogens with one attached hydrogen (secondary N) is 1. The molecule has 0 unspecified atom stereocenters. The molecule has 0 atom stereocenters. The van der Waals surface area contributed by atoms with Gasteiger partial charge in [-0.2, -0.15) is 5.10 Å². The molecule has 1 aliphatic rings. The number of nitrogens with zero attached hydrogens (tertiary/aromatic N) is 1.